The SMILES string of the molecule is CN=C(NCCn1cc(C)cn1)NCc1ncc(C)s1. The molecule has 2 rings (SSSR count). The van der Waals surface area contributed by atoms with E-state index in [1.165, 1.54) is 10.4 Å². The van der Waals surface area contributed by atoms with Crippen molar-refractivity contribution < 1.29 is 0 Å². The van der Waals surface area contributed by atoms with E-state index in [1.807, 2.05) is 30.2 Å². The lowest BCUT2D eigenvalue weighted by molar-refractivity contribution is 0.597. The number of aryl methyl sites for hydroxylation is 2. The Bertz CT molecular complexity index is 571. The predicted molar refractivity (Wildman–Crippen MR) is 82.0 cm³/mol. The second kappa shape index (κ2) is 7.04. The molecule has 0 unspecified atom stereocenters. The highest BCUT2D eigenvalue weighted by atomic mass is 32.1. The van der Waals surface area contributed by atoms with Crippen molar-refractivity contribution in [1.82, 2.24) is 25.4 Å². The Hall–Kier alpha value is -1.89. The Morgan fingerprint density at radius 2 is 2.20 bits per heavy atom. The van der Waals surface area contributed by atoms with Crippen molar-refractivity contribution in [3.8, 4) is 0 Å². The van der Waals surface area contributed by atoms with Gasteiger partial charge in [-0.25, -0.2) is 4.98 Å². The molecule has 6 nitrogen and oxygen atoms in total. The van der Waals surface area contributed by atoms with Gasteiger partial charge < -0.3 is 10.6 Å². The van der Waals surface area contributed by atoms with Gasteiger partial charge in [-0.3, -0.25) is 9.67 Å². The van der Waals surface area contributed by atoms with Crippen LogP contribution in [0, 0.1) is 13.8 Å². The van der Waals surface area contributed by atoms with Gasteiger partial charge in [0.05, 0.1) is 19.3 Å². The zero-order chi connectivity index (χ0) is 14.4. The highest BCUT2D eigenvalue weighted by Gasteiger charge is 2.01. The Balaban J connectivity index is 1.72. The minimum atomic E-state index is 0.694. The summed E-state index contributed by atoms with van der Waals surface area (Å²) in [6.07, 6.45) is 5.77. The number of aromatic nitrogens is 3. The number of hydrogen-bond acceptors (Lipinski definition) is 4. The Labute approximate surface area is 123 Å². The van der Waals surface area contributed by atoms with Crippen molar-refractivity contribution in [3.05, 3.63) is 34.0 Å². The standard InChI is InChI=1S/C13H20N6S/c1-10-6-18-19(9-10)5-4-15-13(14-3)17-8-12-16-7-11(2)20-12/h6-7,9H,4-5,8H2,1-3H3,(H2,14,15,17). The summed E-state index contributed by atoms with van der Waals surface area (Å²) in [6, 6.07) is 0. The number of rotatable bonds is 5. The molecule has 0 aliphatic rings. The van der Waals surface area contributed by atoms with Crippen LogP contribution in [0.1, 0.15) is 15.4 Å². The molecule has 7 heteroatoms. The maximum Gasteiger partial charge on any atom is 0.191 e. The molecule has 0 radical (unpaired) electrons. The van der Waals surface area contributed by atoms with Gasteiger partial charge in [0, 0.05) is 30.9 Å². The van der Waals surface area contributed by atoms with Crippen LogP contribution in [0.25, 0.3) is 0 Å². The molecule has 0 spiro atoms. The van der Waals surface area contributed by atoms with Crippen molar-refractivity contribution in [3.63, 3.8) is 0 Å². The van der Waals surface area contributed by atoms with E-state index in [0.717, 1.165) is 24.1 Å². The summed E-state index contributed by atoms with van der Waals surface area (Å²) >= 11 is 1.69. The molecule has 0 atom stereocenters. The third-order valence-corrected chi connectivity index (χ3v) is 3.61. The Kier molecular flexibility index (Phi) is 5.11. The lowest BCUT2D eigenvalue weighted by Gasteiger charge is -2.10. The fourth-order valence-electron chi connectivity index (χ4n) is 1.74. The van der Waals surface area contributed by atoms with Gasteiger partial charge in [-0.1, -0.05) is 0 Å². The highest BCUT2D eigenvalue weighted by Crippen LogP contribution is 2.10. The zero-order valence-corrected chi connectivity index (χ0v) is 12.9. The summed E-state index contributed by atoms with van der Waals surface area (Å²) < 4.78 is 1.92. The molecular formula is C13H20N6S. The molecule has 0 aliphatic carbocycles. The second-order valence-corrected chi connectivity index (χ2v) is 5.82. The van der Waals surface area contributed by atoms with Crippen molar-refractivity contribution in [1.29, 1.82) is 0 Å². The zero-order valence-electron chi connectivity index (χ0n) is 12.1. The lowest BCUT2D eigenvalue weighted by atomic mass is 10.4. The molecule has 0 saturated carbocycles. The topological polar surface area (TPSA) is 67.1 Å². The summed E-state index contributed by atoms with van der Waals surface area (Å²) in [6.45, 7) is 6.37. The molecule has 0 amide bonds. The molecular weight excluding hydrogens is 272 g/mol. The average Bonchev–Trinajstić information content (AvgIpc) is 3.02. The largest absolute Gasteiger partial charge is 0.355 e. The van der Waals surface area contributed by atoms with Crippen LogP contribution in [0.2, 0.25) is 0 Å². The first-order valence-corrected chi connectivity index (χ1v) is 7.34. The van der Waals surface area contributed by atoms with Gasteiger partial charge in [0.1, 0.15) is 5.01 Å². The lowest BCUT2D eigenvalue weighted by Crippen LogP contribution is -2.38. The molecule has 2 heterocycles. The first-order valence-electron chi connectivity index (χ1n) is 6.52. The summed E-state index contributed by atoms with van der Waals surface area (Å²) in [5.74, 6) is 0.779. The van der Waals surface area contributed by atoms with E-state index < -0.39 is 0 Å². The molecule has 0 fully saturated rings. The number of nitrogens with one attached hydrogen (secondary N) is 2. The normalized spacial score (nSPS) is 11.7. The van der Waals surface area contributed by atoms with Gasteiger partial charge in [0.15, 0.2) is 5.96 Å². The number of hydrogen-bond donors (Lipinski definition) is 2. The van der Waals surface area contributed by atoms with Crippen LogP contribution in [-0.4, -0.2) is 34.3 Å². The van der Waals surface area contributed by atoms with Crippen molar-refractivity contribution in [2.45, 2.75) is 26.9 Å². The monoisotopic (exact) mass is 292 g/mol. The smallest absolute Gasteiger partial charge is 0.191 e. The molecule has 2 aromatic heterocycles. The van der Waals surface area contributed by atoms with E-state index in [9.17, 15) is 0 Å². The van der Waals surface area contributed by atoms with E-state index in [4.69, 9.17) is 0 Å². The van der Waals surface area contributed by atoms with Crippen LogP contribution in [0.5, 0.6) is 0 Å². The number of aliphatic imine (C=N–C) groups is 1. The molecule has 0 saturated heterocycles. The number of thiazole rings is 1. The van der Waals surface area contributed by atoms with Crippen molar-refractivity contribution in [2.24, 2.45) is 4.99 Å². The molecule has 2 aromatic rings. The summed E-state index contributed by atoms with van der Waals surface area (Å²) in [5, 5.41) is 11.8. The summed E-state index contributed by atoms with van der Waals surface area (Å²) in [5.41, 5.74) is 1.17. The van der Waals surface area contributed by atoms with Crippen molar-refractivity contribution >= 4 is 17.3 Å². The quantitative estimate of drug-likeness (QED) is 0.644. The van der Waals surface area contributed by atoms with Gasteiger partial charge >= 0.3 is 0 Å². The molecule has 108 valence electrons. The minimum Gasteiger partial charge on any atom is -0.355 e. The summed E-state index contributed by atoms with van der Waals surface area (Å²) in [4.78, 5) is 9.72. The van der Waals surface area contributed by atoms with Crippen LogP contribution >= 0.6 is 11.3 Å². The summed E-state index contributed by atoms with van der Waals surface area (Å²) in [7, 11) is 1.76. The number of guanidine groups is 1. The minimum absolute atomic E-state index is 0.694. The maximum absolute atomic E-state index is 4.31. The first kappa shape index (κ1) is 14.5. The fourth-order valence-corrected chi connectivity index (χ4v) is 2.47. The van der Waals surface area contributed by atoms with Gasteiger partial charge in [0.25, 0.3) is 0 Å². The Morgan fingerprint density at radius 3 is 2.80 bits per heavy atom. The maximum atomic E-state index is 4.31. The third kappa shape index (κ3) is 4.34. The fraction of sp³-hybridized carbons (Fsp3) is 0.462. The molecule has 20 heavy (non-hydrogen) atoms. The van der Waals surface area contributed by atoms with Crippen molar-refractivity contribution in [2.75, 3.05) is 13.6 Å². The van der Waals surface area contributed by atoms with E-state index in [-0.39, 0.29) is 0 Å². The Morgan fingerprint density at radius 1 is 1.35 bits per heavy atom. The van der Waals surface area contributed by atoms with Gasteiger partial charge in [0.2, 0.25) is 0 Å². The first-order chi connectivity index (χ1) is 9.67. The van der Waals surface area contributed by atoms with Gasteiger partial charge in [-0.05, 0) is 19.4 Å². The van der Waals surface area contributed by atoms with Crippen LogP contribution < -0.4 is 10.6 Å². The van der Waals surface area contributed by atoms with E-state index in [2.05, 4.69) is 32.6 Å². The van der Waals surface area contributed by atoms with E-state index in [0.29, 0.717) is 6.54 Å². The van der Waals surface area contributed by atoms with Gasteiger partial charge in [-0.2, -0.15) is 5.10 Å². The molecule has 0 aliphatic heterocycles. The van der Waals surface area contributed by atoms with Crippen LogP contribution in [0.3, 0.4) is 0 Å². The van der Waals surface area contributed by atoms with E-state index in [1.54, 1.807) is 18.4 Å². The predicted octanol–water partition coefficient (Wildman–Crippen LogP) is 1.32. The molecule has 2 N–H and O–H groups in total. The average molecular weight is 292 g/mol. The molecule has 0 bridgehead atoms. The second-order valence-electron chi connectivity index (χ2n) is 4.50. The van der Waals surface area contributed by atoms with Gasteiger partial charge in [-0.15, -0.1) is 11.3 Å². The van der Waals surface area contributed by atoms with Crippen LogP contribution in [-0.2, 0) is 13.1 Å². The highest BCUT2D eigenvalue weighted by molar-refractivity contribution is 7.11. The van der Waals surface area contributed by atoms with Crippen LogP contribution in [0.4, 0.5) is 0 Å². The number of nitrogens with zero attached hydrogens (tertiary/aromatic N) is 4. The third-order valence-electron chi connectivity index (χ3n) is 2.70. The van der Waals surface area contributed by atoms with E-state index >= 15 is 0 Å². The molecule has 0 aromatic carbocycles. The van der Waals surface area contributed by atoms with Crippen LogP contribution in [0.15, 0.2) is 23.6 Å².